The average molecular weight is 345 g/mol. The summed E-state index contributed by atoms with van der Waals surface area (Å²) in [5.74, 6) is 1.43. The SMILES string of the molecule is CC/C=C/[C@H]1CC[C@H](c2cnc(-c3ccc(F)c(Cl)c3)nc2)CC1. The van der Waals surface area contributed by atoms with E-state index < -0.39 is 5.82 Å². The Balaban J connectivity index is 1.67. The zero-order valence-electron chi connectivity index (χ0n) is 13.9. The summed E-state index contributed by atoms with van der Waals surface area (Å²) in [6, 6.07) is 4.57. The summed E-state index contributed by atoms with van der Waals surface area (Å²) >= 11 is 5.83. The van der Waals surface area contributed by atoms with Crippen LogP contribution in [-0.2, 0) is 0 Å². The molecule has 126 valence electrons. The average Bonchev–Trinajstić information content (AvgIpc) is 2.63. The van der Waals surface area contributed by atoms with Crippen molar-refractivity contribution in [3.63, 3.8) is 0 Å². The van der Waals surface area contributed by atoms with Crippen molar-refractivity contribution in [3.8, 4) is 11.4 Å². The van der Waals surface area contributed by atoms with E-state index in [4.69, 9.17) is 11.6 Å². The van der Waals surface area contributed by atoms with Crippen molar-refractivity contribution >= 4 is 11.6 Å². The number of benzene rings is 1. The van der Waals surface area contributed by atoms with Crippen LogP contribution in [0.1, 0.15) is 50.5 Å². The number of halogens is 2. The Morgan fingerprint density at radius 2 is 1.88 bits per heavy atom. The summed E-state index contributed by atoms with van der Waals surface area (Å²) in [6.07, 6.45) is 14.4. The van der Waals surface area contributed by atoms with Gasteiger partial charge in [-0.2, -0.15) is 0 Å². The molecule has 4 heteroatoms. The highest BCUT2D eigenvalue weighted by Crippen LogP contribution is 2.36. The molecule has 0 saturated heterocycles. The Hall–Kier alpha value is -1.74. The molecule has 1 saturated carbocycles. The molecule has 24 heavy (non-hydrogen) atoms. The van der Waals surface area contributed by atoms with Crippen LogP contribution in [0.5, 0.6) is 0 Å². The lowest BCUT2D eigenvalue weighted by molar-refractivity contribution is 0.374. The molecule has 0 spiro atoms. The molecule has 0 N–H and O–H groups in total. The van der Waals surface area contributed by atoms with Crippen molar-refractivity contribution in [2.24, 2.45) is 5.92 Å². The molecule has 1 aromatic carbocycles. The molecule has 1 aliphatic carbocycles. The van der Waals surface area contributed by atoms with Gasteiger partial charge in [-0.25, -0.2) is 14.4 Å². The van der Waals surface area contributed by atoms with Gasteiger partial charge in [0.1, 0.15) is 5.82 Å². The predicted molar refractivity (Wildman–Crippen MR) is 96.6 cm³/mol. The van der Waals surface area contributed by atoms with Crippen LogP contribution >= 0.6 is 11.6 Å². The number of aromatic nitrogens is 2. The van der Waals surface area contributed by atoms with E-state index in [0.29, 0.717) is 11.7 Å². The molecular weight excluding hydrogens is 323 g/mol. The highest BCUT2D eigenvalue weighted by Gasteiger charge is 2.21. The van der Waals surface area contributed by atoms with Gasteiger partial charge in [-0.1, -0.05) is 30.7 Å². The Bertz CT molecular complexity index is 704. The first-order chi connectivity index (χ1) is 11.7. The first kappa shape index (κ1) is 17.1. The smallest absolute Gasteiger partial charge is 0.159 e. The maximum Gasteiger partial charge on any atom is 0.159 e. The van der Waals surface area contributed by atoms with Gasteiger partial charge in [-0.15, -0.1) is 0 Å². The third-order valence-electron chi connectivity index (χ3n) is 4.74. The molecule has 0 radical (unpaired) electrons. The van der Waals surface area contributed by atoms with Crippen molar-refractivity contribution in [3.05, 3.63) is 59.1 Å². The van der Waals surface area contributed by atoms with Crippen molar-refractivity contribution in [1.29, 1.82) is 0 Å². The fourth-order valence-corrected chi connectivity index (χ4v) is 3.49. The van der Waals surface area contributed by atoms with Crippen LogP contribution in [0.15, 0.2) is 42.7 Å². The minimum Gasteiger partial charge on any atom is -0.236 e. The number of hydrogen-bond donors (Lipinski definition) is 0. The Labute approximate surface area is 147 Å². The lowest BCUT2D eigenvalue weighted by Gasteiger charge is -2.26. The van der Waals surface area contributed by atoms with Crippen LogP contribution in [-0.4, -0.2) is 9.97 Å². The minimum absolute atomic E-state index is 0.0960. The van der Waals surface area contributed by atoms with E-state index >= 15 is 0 Å². The monoisotopic (exact) mass is 344 g/mol. The van der Waals surface area contributed by atoms with E-state index in [9.17, 15) is 4.39 Å². The maximum absolute atomic E-state index is 13.3. The second-order valence-corrected chi connectivity index (χ2v) is 6.82. The van der Waals surface area contributed by atoms with E-state index in [1.54, 1.807) is 12.1 Å². The molecule has 3 rings (SSSR count). The lowest BCUT2D eigenvalue weighted by Crippen LogP contribution is -2.12. The van der Waals surface area contributed by atoms with E-state index in [0.717, 1.165) is 17.9 Å². The second-order valence-electron chi connectivity index (χ2n) is 6.42. The molecule has 1 aliphatic rings. The Kier molecular flexibility index (Phi) is 5.62. The van der Waals surface area contributed by atoms with Gasteiger partial charge >= 0.3 is 0 Å². The zero-order chi connectivity index (χ0) is 16.9. The summed E-state index contributed by atoms with van der Waals surface area (Å²) < 4.78 is 13.3. The lowest BCUT2D eigenvalue weighted by atomic mass is 9.79. The summed E-state index contributed by atoms with van der Waals surface area (Å²) in [5.41, 5.74) is 1.94. The Morgan fingerprint density at radius 3 is 2.50 bits per heavy atom. The fraction of sp³-hybridized carbons (Fsp3) is 0.400. The fourth-order valence-electron chi connectivity index (χ4n) is 3.31. The van der Waals surface area contributed by atoms with E-state index in [2.05, 4.69) is 29.0 Å². The maximum atomic E-state index is 13.3. The molecule has 0 atom stereocenters. The number of nitrogens with zero attached hydrogens (tertiary/aromatic N) is 2. The van der Waals surface area contributed by atoms with Crippen LogP contribution in [0.3, 0.4) is 0 Å². The standard InChI is InChI=1S/C20H22ClFN2/c1-2-3-4-14-5-7-15(8-6-14)17-12-23-20(24-13-17)16-9-10-19(22)18(21)11-16/h3-4,9-15H,2,5-8H2,1H3/b4-3+/t14-,15-. The van der Waals surface area contributed by atoms with Crippen molar-refractivity contribution in [2.45, 2.75) is 44.9 Å². The first-order valence-electron chi connectivity index (χ1n) is 8.61. The van der Waals surface area contributed by atoms with Crippen molar-refractivity contribution < 1.29 is 4.39 Å². The van der Waals surface area contributed by atoms with E-state index in [1.807, 2.05) is 12.4 Å². The van der Waals surface area contributed by atoms with Gasteiger partial charge in [0.05, 0.1) is 5.02 Å². The highest BCUT2D eigenvalue weighted by atomic mass is 35.5. The van der Waals surface area contributed by atoms with Crippen molar-refractivity contribution in [1.82, 2.24) is 9.97 Å². The number of hydrogen-bond acceptors (Lipinski definition) is 2. The third-order valence-corrected chi connectivity index (χ3v) is 5.03. The van der Waals surface area contributed by atoms with Crippen LogP contribution < -0.4 is 0 Å². The van der Waals surface area contributed by atoms with Crippen LogP contribution in [0.2, 0.25) is 5.02 Å². The quantitative estimate of drug-likeness (QED) is 0.619. The zero-order valence-corrected chi connectivity index (χ0v) is 14.6. The van der Waals surface area contributed by atoms with E-state index in [1.165, 1.54) is 37.3 Å². The van der Waals surface area contributed by atoms with Crippen LogP contribution in [0.4, 0.5) is 4.39 Å². The molecule has 2 aromatic rings. The summed E-state index contributed by atoms with van der Waals surface area (Å²) in [6.45, 7) is 2.18. The molecule has 0 bridgehead atoms. The Morgan fingerprint density at radius 1 is 1.17 bits per heavy atom. The number of allylic oxidation sites excluding steroid dienone is 2. The molecule has 0 unspecified atom stereocenters. The summed E-state index contributed by atoms with van der Waals surface area (Å²) in [7, 11) is 0. The van der Waals surface area contributed by atoms with Gasteiger partial charge in [0, 0.05) is 18.0 Å². The van der Waals surface area contributed by atoms with Crippen LogP contribution in [0, 0.1) is 11.7 Å². The molecule has 1 fully saturated rings. The number of rotatable bonds is 4. The second kappa shape index (κ2) is 7.89. The largest absolute Gasteiger partial charge is 0.236 e. The van der Waals surface area contributed by atoms with Gasteiger partial charge in [0.25, 0.3) is 0 Å². The molecule has 2 nitrogen and oxygen atoms in total. The van der Waals surface area contributed by atoms with Gasteiger partial charge in [-0.3, -0.25) is 0 Å². The van der Waals surface area contributed by atoms with Gasteiger partial charge in [0.2, 0.25) is 0 Å². The molecule has 0 aliphatic heterocycles. The summed E-state index contributed by atoms with van der Waals surface area (Å²) in [4.78, 5) is 8.91. The van der Waals surface area contributed by atoms with Crippen LogP contribution in [0.25, 0.3) is 11.4 Å². The minimum atomic E-state index is -0.425. The summed E-state index contributed by atoms with van der Waals surface area (Å²) in [5, 5.41) is 0.0960. The van der Waals surface area contributed by atoms with Crippen molar-refractivity contribution in [2.75, 3.05) is 0 Å². The first-order valence-corrected chi connectivity index (χ1v) is 8.99. The van der Waals surface area contributed by atoms with E-state index in [-0.39, 0.29) is 5.02 Å². The molecule has 1 aromatic heterocycles. The highest BCUT2D eigenvalue weighted by molar-refractivity contribution is 6.31. The third kappa shape index (κ3) is 4.02. The predicted octanol–water partition coefficient (Wildman–Crippen LogP) is 6.18. The van der Waals surface area contributed by atoms with Gasteiger partial charge in [0.15, 0.2) is 5.82 Å². The van der Waals surface area contributed by atoms with Gasteiger partial charge in [-0.05, 0) is 67.7 Å². The van der Waals surface area contributed by atoms with Gasteiger partial charge < -0.3 is 0 Å². The topological polar surface area (TPSA) is 25.8 Å². The molecule has 0 amide bonds. The molecule has 1 heterocycles. The normalized spacial score (nSPS) is 21.3. The molecular formula is C20H22ClFN2.